The molecule has 0 unspecified atom stereocenters. The zero-order valence-electron chi connectivity index (χ0n) is 22.6. The fourth-order valence-corrected chi connectivity index (χ4v) is 4.79. The fourth-order valence-electron chi connectivity index (χ4n) is 4.79. The lowest BCUT2D eigenvalue weighted by molar-refractivity contribution is 0.0948. The van der Waals surface area contributed by atoms with Gasteiger partial charge < -0.3 is 20.3 Å². The van der Waals surface area contributed by atoms with Gasteiger partial charge in [-0.3, -0.25) is 14.6 Å². The largest absolute Gasteiger partial charge is 0.383 e. The van der Waals surface area contributed by atoms with E-state index in [0.717, 1.165) is 67.0 Å². The van der Waals surface area contributed by atoms with Crippen LogP contribution in [0.5, 0.6) is 0 Å². The number of aromatic nitrogens is 4. The lowest BCUT2D eigenvalue weighted by Crippen LogP contribution is -2.40. The molecule has 1 fully saturated rings. The second-order valence-electron chi connectivity index (χ2n) is 9.97. The molecule has 1 saturated heterocycles. The maximum absolute atomic E-state index is 13.6. The maximum atomic E-state index is 13.6. The van der Waals surface area contributed by atoms with Gasteiger partial charge in [-0.25, -0.2) is 18.4 Å². The van der Waals surface area contributed by atoms with E-state index in [9.17, 15) is 18.4 Å². The number of rotatable bonds is 10. The molecule has 214 valence electrons. The number of carbonyl (C=O) groups excluding carboxylic acids is 1. The Labute approximate surface area is 235 Å². The van der Waals surface area contributed by atoms with Crippen molar-refractivity contribution in [1.29, 1.82) is 0 Å². The van der Waals surface area contributed by atoms with Gasteiger partial charge >= 0.3 is 0 Å². The summed E-state index contributed by atoms with van der Waals surface area (Å²) in [6.07, 6.45) is 5.07. The molecule has 4 aromatic rings. The third kappa shape index (κ3) is 7.08. The Balaban J connectivity index is 1.21. The molecule has 0 radical (unpaired) electrons. The standard InChI is InChI=1S/C29H31F2N7O3/c1-41-13-12-37-10-7-21(8-11-37)35-27-17-32-25-5-3-19(15-26(25)36-27)16-33-28(39)22-6-9-34-38(29(22)40)18-20-2-4-23(30)24(31)14-20/h2-6,9,14-15,17,21H,7-8,10-13,16,18H2,1H3,(H,33,39)(H,35,36). The average Bonchev–Trinajstić information content (AvgIpc) is 2.98. The average molecular weight is 564 g/mol. The van der Waals surface area contributed by atoms with E-state index < -0.39 is 23.1 Å². The SMILES string of the molecule is COCCN1CCC(Nc2cnc3ccc(CNC(=O)c4ccnn(Cc5ccc(F)c(F)c5)c4=O)cc3n2)CC1. The summed E-state index contributed by atoms with van der Waals surface area (Å²) in [4.78, 5) is 37.3. The molecule has 5 rings (SSSR count). The van der Waals surface area contributed by atoms with Crippen molar-refractivity contribution in [1.82, 2.24) is 30.0 Å². The van der Waals surface area contributed by atoms with Crippen LogP contribution < -0.4 is 16.2 Å². The highest BCUT2D eigenvalue weighted by Gasteiger charge is 2.19. The van der Waals surface area contributed by atoms with Gasteiger partial charge in [0, 0.05) is 45.5 Å². The van der Waals surface area contributed by atoms with Crippen molar-refractivity contribution in [3.05, 3.63) is 93.5 Å². The Morgan fingerprint density at radius 3 is 2.63 bits per heavy atom. The first kappa shape index (κ1) is 28.2. The highest BCUT2D eigenvalue weighted by atomic mass is 19.2. The number of carbonyl (C=O) groups is 1. The summed E-state index contributed by atoms with van der Waals surface area (Å²) in [6, 6.07) is 10.5. The second-order valence-corrected chi connectivity index (χ2v) is 9.97. The number of nitrogens with one attached hydrogen (secondary N) is 2. The molecule has 41 heavy (non-hydrogen) atoms. The molecular formula is C29H31F2N7O3. The van der Waals surface area contributed by atoms with Gasteiger partial charge in [-0.2, -0.15) is 5.10 Å². The van der Waals surface area contributed by atoms with Gasteiger partial charge in [-0.1, -0.05) is 12.1 Å². The van der Waals surface area contributed by atoms with E-state index in [-0.39, 0.29) is 18.7 Å². The Bertz CT molecular complexity index is 1590. The van der Waals surface area contributed by atoms with Crippen molar-refractivity contribution in [2.24, 2.45) is 0 Å². The topological polar surface area (TPSA) is 114 Å². The molecule has 2 N–H and O–H groups in total. The number of piperidine rings is 1. The molecule has 0 aliphatic carbocycles. The van der Waals surface area contributed by atoms with Crippen molar-refractivity contribution < 1.29 is 18.3 Å². The van der Waals surface area contributed by atoms with Crippen LogP contribution in [0.3, 0.4) is 0 Å². The monoisotopic (exact) mass is 563 g/mol. The number of benzene rings is 2. The predicted octanol–water partition coefficient (Wildman–Crippen LogP) is 2.97. The van der Waals surface area contributed by atoms with E-state index in [1.165, 1.54) is 18.3 Å². The van der Waals surface area contributed by atoms with E-state index >= 15 is 0 Å². The third-order valence-corrected chi connectivity index (χ3v) is 7.08. The minimum Gasteiger partial charge on any atom is -0.383 e. The van der Waals surface area contributed by atoms with Crippen LogP contribution in [0, 0.1) is 11.6 Å². The first-order valence-corrected chi connectivity index (χ1v) is 13.4. The molecule has 1 amide bonds. The number of fused-ring (bicyclic) bond motifs is 1. The molecule has 0 atom stereocenters. The van der Waals surface area contributed by atoms with Crippen LogP contribution in [0.1, 0.15) is 34.3 Å². The van der Waals surface area contributed by atoms with Gasteiger partial charge in [0.05, 0.1) is 30.4 Å². The zero-order valence-corrected chi connectivity index (χ0v) is 22.6. The molecule has 0 bridgehead atoms. The molecule has 10 nitrogen and oxygen atoms in total. The molecule has 2 aromatic carbocycles. The van der Waals surface area contributed by atoms with Crippen LogP contribution in [0.4, 0.5) is 14.6 Å². The van der Waals surface area contributed by atoms with E-state index in [0.29, 0.717) is 22.9 Å². The summed E-state index contributed by atoms with van der Waals surface area (Å²) in [7, 11) is 1.72. The van der Waals surface area contributed by atoms with Gasteiger partial charge in [-0.05, 0) is 54.3 Å². The molecule has 0 saturated carbocycles. The van der Waals surface area contributed by atoms with Crippen LogP contribution in [0.2, 0.25) is 0 Å². The van der Waals surface area contributed by atoms with Gasteiger partial charge in [0.2, 0.25) is 0 Å². The molecule has 1 aliphatic rings. The van der Waals surface area contributed by atoms with Gasteiger partial charge in [0.15, 0.2) is 11.6 Å². The van der Waals surface area contributed by atoms with E-state index in [1.807, 2.05) is 18.2 Å². The first-order chi connectivity index (χ1) is 19.9. The Hall–Kier alpha value is -4.29. The summed E-state index contributed by atoms with van der Waals surface area (Å²) < 4.78 is 33.0. The Morgan fingerprint density at radius 1 is 1.05 bits per heavy atom. The zero-order chi connectivity index (χ0) is 28.8. The maximum Gasteiger partial charge on any atom is 0.279 e. The summed E-state index contributed by atoms with van der Waals surface area (Å²) in [6.45, 7) is 3.73. The van der Waals surface area contributed by atoms with Gasteiger partial charge in [0.25, 0.3) is 11.5 Å². The summed E-state index contributed by atoms with van der Waals surface area (Å²) in [5.74, 6) is -1.88. The van der Waals surface area contributed by atoms with Crippen LogP contribution in [-0.2, 0) is 17.8 Å². The number of amides is 1. The first-order valence-electron chi connectivity index (χ1n) is 13.4. The van der Waals surface area contributed by atoms with Gasteiger partial charge in [0.1, 0.15) is 11.4 Å². The highest BCUT2D eigenvalue weighted by molar-refractivity contribution is 5.93. The van der Waals surface area contributed by atoms with E-state index in [4.69, 9.17) is 9.72 Å². The molecule has 0 spiro atoms. The Morgan fingerprint density at radius 2 is 1.85 bits per heavy atom. The number of hydrogen-bond acceptors (Lipinski definition) is 8. The lowest BCUT2D eigenvalue weighted by Gasteiger charge is -2.32. The lowest BCUT2D eigenvalue weighted by atomic mass is 10.1. The summed E-state index contributed by atoms with van der Waals surface area (Å²) >= 11 is 0. The van der Waals surface area contributed by atoms with Crippen molar-refractivity contribution in [3.8, 4) is 0 Å². The number of methoxy groups -OCH3 is 1. The molecule has 3 heterocycles. The summed E-state index contributed by atoms with van der Waals surface area (Å²) in [5.41, 5.74) is 1.81. The molecule has 12 heteroatoms. The van der Waals surface area contributed by atoms with Crippen molar-refractivity contribution in [2.75, 3.05) is 38.7 Å². The van der Waals surface area contributed by atoms with Crippen LogP contribution in [0.25, 0.3) is 11.0 Å². The number of likely N-dealkylation sites (tertiary alicyclic amines) is 1. The van der Waals surface area contributed by atoms with Crippen molar-refractivity contribution in [3.63, 3.8) is 0 Å². The molecule has 2 aromatic heterocycles. The fraction of sp³-hybridized carbons (Fsp3) is 0.345. The van der Waals surface area contributed by atoms with Crippen LogP contribution >= 0.6 is 0 Å². The minimum atomic E-state index is -1.02. The van der Waals surface area contributed by atoms with E-state index in [1.54, 1.807) is 13.3 Å². The normalized spacial score (nSPS) is 14.3. The van der Waals surface area contributed by atoms with Crippen LogP contribution in [0.15, 0.2) is 59.7 Å². The van der Waals surface area contributed by atoms with Gasteiger partial charge in [-0.15, -0.1) is 0 Å². The second kappa shape index (κ2) is 12.9. The number of anilines is 1. The van der Waals surface area contributed by atoms with Crippen molar-refractivity contribution in [2.45, 2.75) is 32.0 Å². The van der Waals surface area contributed by atoms with E-state index in [2.05, 4.69) is 25.6 Å². The Kier molecular flexibility index (Phi) is 8.90. The molecular weight excluding hydrogens is 532 g/mol. The number of halogens is 2. The number of hydrogen-bond donors (Lipinski definition) is 2. The highest BCUT2D eigenvalue weighted by Crippen LogP contribution is 2.18. The third-order valence-electron chi connectivity index (χ3n) is 7.08. The minimum absolute atomic E-state index is 0.107. The quantitative estimate of drug-likeness (QED) is 0.303. The summed E-state index contributed by atoms with van der Waals surface area (Å²) in [5, 5.41) is 10.2. The van der Waals surface area contributed by atoms with Crippen molar-refractivity contribution >= 4 is 22.8 Å². The smallest absolute Gasteiger partial charge is 0.279 e. The molecule has 1 aliphatic heterocycles. The number of ether oxygens (including phenoxy) is 1. The number of nitrogens with zero attached hydrogens (tertiary/aromatic N) is 5. The van der Waals surface area contributed by atoms with Crippen LogP contribution in [-0.4, -0.2) is 69.9 Å². The predicted molar refractivity (Wildman–Crippen MR) is 150 cm³/mol.